The van der Waals surface area contributed by atoms with Gasteiger partial charge in [0.25, 0.3) is 5.19 Å². The minimum Gasteiger partial charge on any atom is -0.431 e. The van der Waals surface area contributed by atoms with E-state index in [0.29, 0.717) is 5.19 Å². The van der Waals surface area contributed by atoms with Crippen LogP contribution in [-0.4, -0.2) is 4.98 Å². The summed E-state index contributed by atoms with van der Waals surface area (Å²) in [5, 5.41) is 2.00. The fraction of sp³-hybridized carbons (Fsp3) is 0.100. The molecule has 0 aliphatic rings. The lowest BCUT2D eigenvalue weighted by molar-refractivity contribution is -0.137. The molecule has 0 radical (unpaired) electrons. The molecule has 1 aromatic heterocycles. The lowest BCUT2D eigenvalue weighted by atomic mass is 10.2. The molecule has 2 rings (SSSR count). The number of alkyl halides is 3. The van der Waals surface area contributed by atoms with E-state index in [9.17, 15) is 13.2 Å². The first kappa shape index (κ1) is 10.9. The Labute approximate surface area is 93.3 Å². The first-order valence-corrected chi connectivity index (χ1v) is 5.18. The first-order chi connectivity index (χ1) is 7.55. The number of hydrogen-bond donors (Lipinski definition) is 0. The van der Waals surface area contributed by atoms with Gasteiger partial charge >= 0.3 is 6.18 Å². The second kappa shape index (κ2) is 4.13. The number of halogens is 3. The van der Waals surface area contributed by atoms with E-state index in [1.54, 1.807) is 5.38 Å². The van der Waals surface area contributed by atoms with Gasteiger partial charge < -0.3 is 4.74 Å². The quantitative estimate of drug-likeness (QED) is 0.799. The van der Waals surface area contributed by atoms with Gasteiger partial charge in [0.1, 0.15) is 5.75 Å². The lowest BCUT2D eigenvalue weighted by Gasteiger charge is -2.08. The summed E-state index contributed by atoms with van der Waals surface area (Å²) in [4.78, 5) is 3.82. The molecule has 0 amide bonds. The van der Waals surface area contributed by atoms with Crippen molar-refractivity contribution in [1.29, 1.82) is 0 Å². The highest BCUT2D eigenvalue weighted by molar-refractivity contribution is 7.11. The Morgan fingerprint density at radius 1 is 1.25 bits per heavy atom. The van der Waals surface area contributed by atoms with Crippen LogP contribution in [0.15, 0.2) is 35.8 Å². The van der Waals surface area contributed by atoms with Crippen molar-refractivity contribution in [1.82, 2.24) is 4.98 Å². The number of benzene rings is 1. The Morgan fingerprint density at radius 3 is 2.69 bits per heavy atom. The number of nitrogens with zero attached hydrogens (tertiary/aromatic N) is 1. The zero-order valence-electron chi connectivity index (χ0n) is 7.86. The van der Waals surface area contributed by atoms with E-state index in [1.807, 2.05) is 0 Å². The SMILES string of the molecule is FC(F)(F)c1cccc(Oc2nccs2)c1. The maximum atomic E-state index is 12.4. The predicted molar refractivity (Wildman–Crippen MR) is 53.6 cm³/mol. The van der Waals surface area contributed by atoms with Crippen LogP contribution in [0.1, 0.15) is 5.56 Å². The normalized spacial score (nSPS) is 11.4. The third-order valence-electron chi connectivity index (χ3n) is 1.78. The molecule has 1 aromatic carbocycles. The van der Waals surface area contributed by atoms with Gasteiger partial charge in [0.05, 0.1) is 5.56 Å². The Balaban J connectivity index is 2.23. The summed E-state index contributed by atoms with van der Waals surface area (Å²) in [6.07, 6.45) is -2.84. The van der Waals surface area contributed by atoms with Crippen molar-refractivity contribution in [2.45, 2.75) is 6.18 Å². The van der Waals surface area contributed by atoms with Crippen molar-refractivity contribution in [3.8, 4) is 10.9 Å². The molecule has 84 valence electrons. The van der Waals surface area contributed by atoms with E-state index in [2.05, 4.69) is 4.98 Å². The second-order valence-electron chi connectivity index (χ2n) is 2.93. The molecule has 0 saturated heterocycles. The molecule has 1 heterocycles. The number of rotatable bonds is 2. The molecule has 0 aliphatic heterocycles. The van der Waals surface area contributed by atoms with E-state index in [4.69, 9.17) is 4.74 Å². The van der Waals surface area contributed by atoms with Crippen LogP contribution in [0.25, 0.3) is 0 Å². The third kappa shape index (κ3) is 2.52. The Hall–Kier alpha value is -1.56. The molecule has 0 bridgehead atoms. The van der Waals surface area contributed by atoms with Crippen molar-refractivity contribution >= 4 is 11.3 Å². The predicted octanol–water partition coefficient (Wildman–Crippen LogP) is 3.95. The third-order valence-corrected chi connectivity index (χ3v) is 2.42. The van der Waals surface area contributed by atoms with Crippen molar-refractivity contribution in [3.05, 3.63) is 41.4 Å². The van der Waals surface area contributed by atoms with Crippen LogP contribution in [0.4, 0.5) is 13.2 Å². The van der Waals surface area contributed by atoms with Gasteiger partial charge in [-0.05, 0) is 18.2 Å². The fourth-order valence-corrected chi connectivity index (χ4v) is 1.60. The summed E-state index contributed by atoms with van der Waals surface area (Å²) in [5.41, 5.74) is -0.735. The topological polar surface area (TPSA) is 22.1 Å². The summed E-state index contributed by atoms with van der Waals surface area (Å²) in [7, 11) is 0. The molecule has 0 spiro atoms. The average Bonchev–Trinajstić information content (AvgIpc) is 2.70. The summed E-state index contributed by atoms with van der Waals surface area (Å²) in [5.74, 6) is 0.129. The standard InChI is InChI=1S/C10H6F3NOS/c11-10(12,13)7-2-1-3-8(6-7)15-9-14-4-5-16-9/h1-6H. The fourth-order valence-electron chi connectivity index (χ4n) is 1.10. The molecule has 0 fully saturated rings. The van der Waals surface area contributed by atoms with E-state index in [-0.39, 0.29) is 5.75 Å². The summed E-state index contributed by atoms with van der Waals surface area (Å²) in [6, 6.07) is 4.69. The number of hydrogen-bond acceptors (Lipinski definition) is 3. The maximum Gasteiger partial charge on any atom is 0.416 e. The molecule has 2 aromatic rings. The summed E-state index contributed by atoms with van der Waals surface area (Å²) < 4.78 is 42.3. The minimum atomic E-state index is -4.36. The summed E-state index contributed by atoms with van der Waals surface area (Å²) >= 11 is 1.22. The zero-order valence-corrected chi connectivity index (χ0v) is 8.68. The Bertz CT molecular complexity index is 467. The minimum absolute atomic E-state index is 0.129. The Kier molecular flexibility index (Phi) is 2.82. The van der Waals surface area contributed by atoms with Crippen LogP contribution in [0.5, 0.6) is 10.9 Å². The van der Waals surface area contributed by atoms with E-state index < -0.39 is 11.7 Å². The molecule has 0 atom stereocenters. The maximum absolute atomic E-state index is 12.4. The van der Waals surface area contributed by atoms with Gasteiger partial charge in [-0.15, -0.1) is 0 Å². The van der Waals surface area contributed by atoms with Gasteiger partial charge in [0, 0.05) is 11.6 Å². The molecule has 6 heteroatoms. The van der Waals surface area contributed by atoms with Crippen molar-refractivity contribution < 1.29 is 17.9 Å². The van der Waals surface area contributed by atoms with Gasteiger partial charge in [-0.3, -0.25) is 0 Å². The highest BCUT2D eigenvalue weighted by Crippen LogP contribution is 2.32. The van der Waals surface area contributed by atoms with E-state index in [1.165, 1.54) is 29.7 Å². The van der Waals surface area contributed by atoms with Gasteiger partial charge in [0.2, 0.25) is 0 Å². The van der Waals surface area contributed by atoms with Crippen LogP contribution < -0.4 is 4.74 Å². The first-order valence-electron chi connectivity index (χ1n) is 4.30. The molecule has 0 N–H and O–H groups in total. The van der Waals surface area contributed by atoms with Gasteiger partial charge in [0.15, 0.2) is 0 Å². The van der Waals surface area contributed by atoms with Gasteiger partial charge in [-0.1, -0.05) is 17.4 Å². The molecule has 0 saturated carbocycles. The molecule has 0 unspecified atom stereocenters. The molecular weight excluding hydrogens is 239 g/mol. The number of ether oxygens (including phenoxy) is 1. The van der Waals surface area contributed by atoms with E-state index in [0.717, 1.165) is 12.1 Å². The number of thiazole rings is 1. The number of aromatic nitrogens is 1. The highest BCUT2D eigenvalue weighted by Gasteiger charge is 2.30. The zero-order chi connectivity index (χ0) is 11.6. The van der Waals surface area contributed by atoms with Crippen LogP contribution in [0, 0.1) is 0 Å². The van der Waals surface area contributed by atoms with Crippen molar-refractivity contribution in [2.24, 2.45) is 0 Å². The summed E-state index contributed by atoms with van der Waals surface area (Å²) in [6.45, 7) is 0. The van der Waals surface area contributed by atoms with Crippen LogP contribution in [0.3, 0.4) is 0 Å². The largest absolute Gasteiger partial charge is 0.431 e. The molecule has 16 heavy (non-hydrogen) atoms. The molecule has 0 aliphatic carbocycles. The second-order valence-corrected chi connectivity index (χ2v) is 3.78. The van der Waals surface area contributed by atoms with Crippen LogP contribution >= 0.6 is 11.3 Å². The highest BCUT2D eigenvalue weighted by atomic mass is 32.1. The van der Waals surface area contributed by atoms with Gasteiger partial charge in [-0.25, -0.2) is 4.98 Å². The van der Waals surface area contributed by atoms with Crippen LogP contribution in [-0.2, 0) is 6.18 Å². The molecule has 2 nitrogen and oxygen atoms in total. The molecular formula is C10H6F3NOS. The van der Waals surface area contributed by atoms with Crippen molar-refractivity contribution in [2.75, 3.05) is 0 Å². The van der Waals surface area contributed by atoms with E-state index >= 15 is 0 Å². The Morgan fingerprint density at radius 2 is 2.06 bits per heavy atom. The van der Waals surface area contributed by atoms with Gasteiger partial charge in [-0.2, -0.15) is 13.2 Å². The van der Waals surface area contributed by atoms with Crippen LogP contribution in [0.2, 0.25) is 0 Å². The lowest BCUT2D eigenvalue weighted by Crippen LogP contribution is -2.04. The van der Waals surface area contributed by atoms with Crippen molar-refractivity contribution in [3.63, 3.8) is 0 Å². The monoisotopic (exact) mass is 245 g/mol. The average molecular weight is 245 g/mol. The smallest absolute Gasteiger partial charge is 0.416 e.